The smallest absolute Gasteiger partial charge is 0.410 e. The maximum Gasteiger partial charge on any atom is 0.410 e. The summed E-state index contributed by atoms with van der Waals surface area (Å²) in [7, 11) is 0. The first-order valence-corrected chi connectivity index (χ1v) is 14.4. The average Bonchev–Trinajstić information content (AvgIpc) is 3.10. The van der Waals surface area contributed by atoms with Crippen molar-refractivity contribution in [3.63, 3.8) is 0 Å². The molecule has 1 aromatic rings. The van der Waals surface area contributed by atoms with Gasteiger partial charge in [0.2, 0.25) is 5.91 Å². The van der Waals surface area contributed by atoms with Gasteiger partial charge in [0.25, 0.3) is 0 Å². The Balaban J connectivity index is 1.74. The van der Waals surface area contributed by atoms with Crippen LogP contribution < -0.4 is 5.32 Å². The molecule has 2 aliphatic rings. The van der Waals surface area contributed by atoms with E-state index in [1.54, 1.807) is 23.1 Å². The van der Waals surface area contributed by atoms with E-state index in [1.807, 2.05) is 48.5 Å². The monoisotopic (exact) mass is 583 g/mol. The van der Waals surface area contributed by atoms with Crippen LogP contribution in [0, 0.1) is 11.3 Å². The molecule has 2 atom stereocenters. The number of nitrogens with zero attached hydrogens (tertiary/aromatic N) is 2. The van der Waals surface area contributed by atoms with Gasteiger partial charge in [0, 0.05) is 54.4 Å². The van der Waals surface area contributed by atoms with E-state index < -0.39 is 22.6 Å². The van der Waals surface area contributed by atoms with Crippen molar-refractivity contribution in [1.82, 2.24) is 15.1 Å². The summed E-state index contributed by atoms with van der Waals surface area (Å²) in [5, 5.41) is 4.35. The molecule has 1 N–H and O–H groups in total. The van der Waals surface area contributed by atoms with E-state index >= 15 is 0 Å². The fourth-order valence-corrected chi connectivity index (χ4v) is 5.83. The molecule has 39 heavy (non-hydrogen) atoms. The van der Waals surface area contributed by atoms with Gasteiger partial charge in [-0.15, -0.1) is 0 Å². The Kier molecular flexibility index (Phi) is 9.88. The van der Waals surface area contributed by atoms with Crippen LogP contribution in [-0.2, 0) is 25.6 Å². The van der Waals surface area contributed by atoms with Crippen LogP contribution in [0.25, 0.3) is 0 Å². The zero-order chi connectivity index (χ0) is 29.2. The van der Waals surface area contributed by atoms with Crippen LogP contribution in [0.15, 0.2) is 18.2 Å². The number of hydrogen-bond donors (Lipinski definition) is 1. The summed E-state index contributed by atoms with van der Waals surface area (Å²) in [5.41, 5.74) is -1.39. The van der Waals surface area contributed by atoms with E-state index in [-0.39, 0.29) is 30.4 Å². The predicted molar refractivity (Wildman–Crippen MR) is 153 cm³/mol. The van der Waals surface area contributed by atoms with E-state index in [9.17, 15) is 14.4 Å². The van der Waals surface area contributed by atoms with Crippen LogP contribution in [0.1, 0.15) is 73.3 Å². The van der Waals surface area contributed by atoms with Crippen molar-refractivity contribution in [2.75, 3.05) is 26.2 Å². The van der Waals surface area contributed by atoms with Gasteiger partial charge in [0.05, 0.1) is 11.8 Å². The van der Waals surface area contributed by atoms with Crippen LogP contribution in [0.2, 0.25) is 10.0 Å². The SMILES string of the molecule is CC1CN(Cc2c(Cl)cccc2Cl)CC1(CC(=O)OC(C)(C)C)C(=O)NC1CCN(C(=O)OC(C)(C)C)CC1. The highest BCUT2D eigenvalue weighted by Crippen LogP contribution is 2.42. The lowest BCUT2D eigenvalue weighted by atomic mass is 9.75. The second kappa shape index (κ2) is 12.2. The second-order valence-electron chi connectivity index (χ2n) is 12.9. The number of esters is 1. The summed E-state index contributed by atoms with van der Waals surface area (Å²) in [4.78, 5) is 43.3. The molecule has 1 aromatic carbocycles. The summed E-state index contributed by atoms with van der Waals surface area (Å²) >= 11 is 12.9. The molecule has 0 aromatic heterocycles. The zero-order valence-corrected chi connectivity index (χ0v) is 25.7. The topological polar surface area (TPSA) is 88.2 Å². The molecular weight excluding hydrogens is 541 g/mol. The lowest BCUT2D eigenvalue weighted by Gasteiger charge is -2.37. The van der Waals surface area contributed by atoms with Gasteiger partial charge in [-0.1, -0.05) is 36.2 Å². The number of halogens is 2. The van der Waals surface area contributed by atoms with Gasteiger partial charge in [-0.3, -0.25) is 14.5 Å². The number of hydrogen-bond acceptors (Lipinski definition) is 6. The fourth-order valence-electron chi connectivity index (χ4n) is 5.31. The maximum absolute atomic E-state index is 14.0. The molecule has 0 saturated carbocycles. The van der Waals surface area contributed by atoms with Gasteiger partial charge >= 0.3 is 12.1 Å². The molecule has 2 heterocycles. The number of carbonyl (C=O) groups excluding carboxylic acids is 3. The van der Waals surface area contributed by atoms with Crippen LogP contribution in [0.3, 0.4) is 0 Å². The second-order valence-corrected chi connectivity index (χ2v) is 13.7. The van der Waals surface area contributed by atoms with Crippen LogP contribution >= 0.6 is 23.2 Å². The molecule has 8 nitrogen and oxygen atoms in total. The molecule has 2 aliphatic heterocycles. The largest absolute Gasteiger partial charge is 0.460 e. The highest BCUT2D eigenvalue weighted by Gasteiger charge is 2.52. The van der Waals surface area contributed by atoms with E-state index in [4.69, 9.17) is 32.7 Å². The fraction of sp³-hybridized carbons (Fsp3) is 0.690. The highest BCUT2D eigenvalue weighted by molar-refractivity contribution is 6.35. The van der Waals surface area contributed by atoms with Crippen molar-refractivity contribution in [2.24, 2.45) is 11.3 Å². The van der Waals surface area contributed by atoms with Gasteiger partial charge in [0.15, 0.2) is 0 Å². The molecular formula is C29H43Cl2N3O5. The Bertz CT molecular complexity index is 1040. The van der Waals surface area contributed by atoms with Crippen molar-refractivity contribution in [3.05, 3.63) is 33.8 Å². The molecule has 2 saturated heterocycles. The van der Waals surface area contributed by atoms with Crippen molar-refractivity contribution >= 4 is 41.2 Å². The van der Waals surface area contributed by atoms with Crippen LogP contribution in [0.4, 0.5) is 4.79 Å². The van der Waals surface area contributed by atoms with Crippen molar-refractivity contribution in [2.45, 2.75) is 91.5 Å². The number of rotatable bonds is 6. The summed E-state index contributed by atoms with van der Waals surface area (Å²) in [6.07, 6.45) is 0.856. The minimum Gasteiger partial charge on any atom is -0.460 e. The zero-order valence-electron chi connectivity index (χ0n) is 24.2. The van der Waals surface area contributed by atoms with Gasteiger partial charge < -0.3 is 19.7 Å². The van der Waals surface area contributed by atoms with Gasteiger partial charge in [0.1, 0.15) is 11.2 Å². The molecule has 218 valence electrons. The minimum atomic E-state index is -0.974. The molecule has 3 rings (SSSR count). The molecule has 0 bridgehead atoms. The first kappa shape index (κ1) is 31.5. The number of likely N-dealkylation sites (tertiary alicyclic amines) is 2. The lowest BCUT2D eigenvalue weighted by molar-refractivity contribution is -0.161. The van der Waals surface area contributed by atoms with Crippen molar-refractivity contribution < 1.29 is 23.9 Å². The number of nitrogens with one attached hydrogen (secondary N) is 1. The summed E-state index contributed by atoms with van der Waals surface area (Å²) in [6.45, 7) is 15.4. The molecule has 10 heteroatoms. The average molecular weight is 585 g/mol. The number of ether oxygens (including phenoxy) is 2. The first-order chi connectivity index (χ1) is 18.0. The molecule has 0 spiro atoms. The normalized spacial score (nSPS) is 23.0. The maximum atomic E-state index is 14.0. The van der Waals surface area contributed by atoms with E-state index in [2.05, 4.69) is 10.2 Å². The molecule has 2 amide bonds. The van der Waals surface area contributed by atoms with E-state index in [1.165, 1.54) is 0 Å². The Hall–Kier alpha value is -2.03. The Morgan fingerprint density at radius 3 is 2.10 bits per heavy atom. The molecule has 2 unspecified atom stereocenters. The van der Waals surface area contributed by atoms with Gasteiger partial charge in [-0.05, 0) is 72.4 Å². The van der Waals surface area contributed by atoms with Crippen molar-refractivity contribution in [3.8, 4) is 0 Å². The molecule has 0 aliphatic carbocycles. The standard InChI is InChI=1S/C29H43Cl2N3O5/c1-19-16-33(17-21-22(30)9-8-10-23(21)31)18-29(19,15-24(35)38-27(2,3)4)25(36)32-20-11-13-34(14-12-20)26(37)39-28(5,6)7/h8-10,19-20H,11-18H2,1-7H3,(H,32,36). The Morgan fingerprint density at radius 2 is 1.56 bits per heavy atom. The molecule has 0 radical (unpaired) electrons. The van der Waals surface area contributed by atoms with E-state index in [0.29, 0.717) is 55.6 Å². The molecule has 2 fully saturated rings. The third-order valence-electron chi connectivity index (χ3n) is 7.24. The Morgan fingerprint density at radius 1 is 1.00 bits per heavy atom. The van der Waals surface area contributed by atoms with Gasteiger partial charge in [-0.2, -0.15) is 0 Å². The quantitative estimate of drug-likeness (QED) is 0.433. The van der Waals surface area contributed by atoms with E-state index in [0.717, 1.165) is 5.56 Å². The summed E-state index contributed by atoms with van der Waals surface area (Å²) < 4.78 is 11.1. The minimum absolute atomic E-state index is 0.0270. The predicted octanol–water partition coefficient (Wildman–Crippen LogP) is 5.68. The number of carbonyl (C=O) groups is 3. The van der Waals surface area contributed by atoms with Gasteiger partial charge in [-0.25, -0.2) is 4.79 Å². The lowest BCUT2D eigenvalue weighted by Crippen LogP contribution is -2.53. The summed E-state index contributed by atoms with van der Waals surface area (Å²) in [5.74, 6) is -0.681. The van der Waals surface area contributed by atoms with Crippen LogP contribution in [-0.4, -0.2) is 71.2 Å². The Labute approximate surface area is 242 Å². The number of benzene rings is 1. The van der Waals surface area contributed by atoms with Crippen molar-refractivity contribution in [1.29, 1.82) is 0 Å². The number of piperidine rings is 1. The third-order valence-corrected chi connectivity index (χ3v) is 7.95. The number of amides is 2. The van der Waals surface area contributed by atoms with Crippen LogP contribution in [0.5, 0.6) is 0 Å². The third kappa shape index (κ3) is 8.48. The summed E-state index contributed by atoms with van der Waals surface area (Å²) in [6, 6.07) is 5.29. The highest BCUT2D eigenvalue weighted by atomic mass is 35.5. The first-order valence-electron chi connectivity index (χ1n) is 13.6.